The number of nitriles is 1. The van der Waals surface area contributed by atoms with Gasteiger partial charge in [0, 0.05) is 5.56 Å². The fourth-order valence-electron chi connectivity index (χ4n) is 1.70. The molecule has 1 aromatic carbocycles. The molecule has 0 spiro atoms. The number of alkyl halides is 3. The van der Waals surface area contributed by atoms with Crippen LogP contribution in [-0.4, -0.2) is 11.3 Å². The molecule has 2 rings (SSSR count). The number of nitrogens with zero attached hydrogens (tertiary/aromatic N) is 2. The number of benzene rings is 1. The van der Waals surface area contributed by atoms with Gasteiger partial charge in [0.2, 0.25) is 0 Å². The molecule has 6 heteroatoms. The van der Waals surface area contributed by atoms with E-state index in [1.54, 1.807) is 24.3 Å². The van der Waals surface area contributed by atoms with Gasteiger partial charge < -0.3 is 4.74 Å². The van der Waals surface area contributed by atoms with Gasteiger partial charge in [-0.3, -0.25) is 4.98 Å². The fourth-order valence-corrected chi connectivity index (χ4v) is 1.70. The Balaban J connectivity index is 2.42. The molecular formula is C14H9F3N2O. The van der Waals surface area contributed by atoms with Gasteiger partial charge in [0.1, 0.15) is 5.75 Å². The maximum absolute atomic E-state index is 12.4. The van der Waals surface area contributed by atoms with E-state index in [2.05, 4.69) is 9.72 Å². The molecule has 0 saturated carbocycles. The van der Waals surface area contributed by atoms with E-state index in [-0.39, 0.29) is 17.7 Å². The van der Waals surface area contributed by atoms with Crippen LogP contribution in [0.1, 0.15) is 5.69 Å². The Labute approximate surface area is 113 Å². The smallest absolute Gasteiger partial charge is 0.405 e. The average molecular weight is 278 g/mol. The average Bonchev–Trinajstić information content (AvgIpc) is 2.38. The Morgan fingerprint density at radius 2 is 1.85 bits per heavy atom. The molecule has 0 bridgehead atoms. The summed E-state index contributed by atoms with van der Waals surface area (Å²) in [6.07, 6.45) is -4.67. The third kappa shape index (κ3) is 3.48. The summed E-state index contributed by atoms with van der Waals surface area (Å²) >= 11 is 0. The van der Waals surface area contributed by atoms with E-state index in [0.717, 1.165) is 0 Å². The van der Waals surface area contributed by atoms with E-state index in [4.69, 9.17) is 5.26 Å². The van der Waals surface area contributed by atoms with Gasteiger partial charge in [-0.2, -0.15) is 5.26 Å². The van der Waals surface area contributed by atoms with E-state index in [0.29, 0.717) is 11.4 Å². The Kier molecular flexibility index (Phi) is 3.89. The van der Waals surface area contributed by atoms with Crippen molar-refractivity contribution in [2.75, 3.05) is 0 Å². The van der Waals surface area contributed by atoms with Crippen molar-refractivity contribution < 1.29 is 17.9 Å². The highest BCUT2D eigenvalue weighted by molar-refractivity contribution is 5.67. The van der Waals surface area contributed by atoms with Gasteiger partial charge in [0.25, 0.3) is 0 Å². The first-order valence-electron chi connectivity index (χ1n) is 5.67. The van der Waals surface area contributed by atoms with Crippen LogP contribution in [0.4, 0.5) is 13.2 Å². The van der Waals surface area contributed by atoms with Gasteiger partial charge in [0.15, 0.2) is 0 Å². The summed E-state index contributed by atoms with van der Waals surface area (Å²) in [7, 11) is 0. The molecule has 0 amide bonds. The Bertz CT molecular complexity index is 647. The summed E-state index contributed by atoms with van der Waals surface area (Å²) in [4.78, 5) is 4.15. The van der Waals surface area contributed by atoms with Crippen LogP contribution in [0.15, 0.2) is 42.5 Å². The zero-order valence-corrected chi connectivity index (χ0v) is 10.2. The number of pyridine rings is 1. The second kappa shape index (κ2) is 5.61. The lowest BCUT2D eigenvalue weighted by molar-refractivity contribution is -0.274. The number of hydrogen-bond acceptors (Lipinski definition) is 3. The second-order valence-corrected chi connectivity index (χ2v) is 3.89. The van der Waals surface area contributed by atoms with Gasteiger partial charge >= 0.3 is 6.36 Å². The number of aromatic nitrogens is 1. The highest BCUT2D eigenvalue weighted by Crippen LogP contribution is 2.32. The standard InChI is InChI=1S/C14H9F3N2O/c15-14(16,17)20-13-7-2-1-5-11(13)12-6-3-4-10(19-12)8-9-18/h1-7H,8H2. The van der Waals surface area contributed by atoms with Crippen molar-refractivity contribution in [2.24, 2.45) is 0 Å². The summed E-state index contributed by atoms with van der Waals surface area (Å²) in [5.74, 6) is -0.318. The highest BCUT2D eigenvalue weighted by Gasteiger charge is 2.32. The molecule has 1 heterocycles. The molecule has 0 atom stereocenters. The van der Waals surface area contributed by atoms with Crippen LogP contribution >= 0.6 is 0 Å². The number of halogens is 3. The van der Waals surface area contributed by atoms with Gasteiger partial charge in [-0.05, 0) is 24.3 Å². The van der Waals surface area contributed by atoms with Crippen LogP contribution in [-0.2, 0) is 6.42 Å². The zero-order chi connectivity index (χ0) is 14.6. The number of para-hydroxylation sites is 1. The lowest BCUT2D eigenvalue weighted by Gasteiger charge is -2.13. The van der Waals surface area contributed by atoms with Crippen LogP contribution in [0.25, 0.3) is 11.3 Å². The molecular weight excluding hydrogens is 269 g/mol. The van der Waals surface area contributed by atoms with Crippen molar-refractivity contribution >= 4 is 0 Å². The van der Waals surface area contributed by atoms with E-state index in [9.17, 15) is 13.2 Å². The van der Waals surface area contributed by atoms with Gasteiger partial charge in [0.05, 0.1) is 23.9 Å². The lowest BCUT2D eigenvalue weighted by Crippen LogP contribution is -2.17. The maximum atomic E-state index is 12.4. The molecule has 0 fully saturated rings. The van der Waals surface area contributed by atoms with Crippen LogP contribution in [0.2, 0.25) is 0 Å². The predicted octanol–water partition coefficient (Wildman–Crippen LogP) is 3.71. The van der Waals surface area contributed by atoms with Crippen LogP contribution in [0.5, 0.6) is 5.75 Å². The van der Waals surface area contributed by atoms with Gasteiger partial charge in [-0.1, -0.05) is 18.2 Å². The second-order valence-electron chi connectivity index (χ2n) is 3.89. The Morgan fingerprint density at radius 1 is 1.10 bits per heavy atom. The molecule has 0 aliphatic rings. The minimum Gasteiger partial charge on any atom is -0.405 e. The Morgan fingerprint density at radius 3 is 2.55 bits per heavy atom. The van der Waals surface area contributed by atoms with Crippen LogP contribution in [0, 0.1) is 11.3 Å². The van der Waals surface area contributed by atoms with Crippen molar-refractivity contribution in [1.29, 1.82) is 5.26 Å². The highest BCUT2D eigenvalue weighted by atomic mass is 19.4. The first-order chi connectivity index (χ1) is 9.49. The number of ether oxygens (including phenoxy) is 1. The molecule has 0 unspecified atom stereocenters. The minimum absolute atomic E-state index is 0.0934. The topological polar surface area (TPSA) is 45.9 Å². The molecule has 0 aliphatic heterocycles. The molecule has 0 radical (unpaired) electrons. The van der Waals surface area contributed by atoms with Crippen LogP contribution in [0.3, 0.4) is 0 Å². The quantitative estimate of drug-likeness (QED) is 0.859. The molecule has 0 saturated heterocycles. The minimum atomic E-state index is -4.76. The maximum Gasteiger partial charge on any atom is 0.573 e. The summed E-state index contributed by atoms with van der Waals surface area (Å²) in [6.45, 7) is 0. The van der Waals surface area contributed by atoms with Crippen molar-refractivity contribution in [3.05, 3.63) is 48.2 Å². The molecule has 20 heavy (non-hydrogen) atoms. The monoisotopic (exact) mass is 278 g/mol. The third-order valence-corrected chi connectivity index (χ3v) is 2.46. The zero-order valence-electron chi connectivity index (χ0n) is 10.2. The van der Waals surface area contributed by atoms with Gasteiger partial charge in [-0.25, -0.2) is 0 Å². The fraction of sp³-hybridized carbons (Fsp3) is 0.143. The molecule has 1 aromatic heterocycles. The van der Waals surface area contributed by atoms with E-state index in [1.807, 2.05) is 6.07 Å². The first kappa shape index (κ1) is 13.9. The normalized spacial score (nSPS) is 10.9. The Hall–Kier alpha value is -2.55. The predicted molar refractivity (Wildman–Crippen MR) is 65.7 cm³/mol. The molecule has 2 aromatic rings. The van der Waals surface area contributed by atoms with Crippen molar-refractivity contribution in [1.82, 2.24) is 4.98 Å². The summed E-state index contributed by atoms with van der Waals surface area (Å²) in [5, 5.41) is 8.63. The van der Waals surface area contributed by atoms with E-state index < -0.39 is 6.36 Å². The molecule has 0 N–H and O–H groups in total. The molecule has 102 valence electrons. The van der Waals surface area contributed by atoms with Crippen LogP contribution < -0.4 is 4.74 Å². The summed E-state index contributed by atoms with van der Waals surface area (Å²) in [5.41, 5.74) is 1.05. The summed E-state index contributed by atoms with van der Waals surface area (Å²) < 4.78 is 41.0. The molecule has 3 nitrogen and oxygen atoms in total. The van der Waals surface area contributed by atoms with Crippen molar-refractivity contribution in [2.45, 2.75) is 12.8 Å². The number of hydrogen-bond donors (Lipinski definition) is 0. The molecule has 0 aliphatic carbocycles. The van der Waals surface area contributed by atoms with Gasteiger partial charge in [-0.15, -0.1) is 13.2 Å². The summed E-state index contributed by atoms with van der Waals surface area (Å²) in [6, 6.07) is 12.5. The van der Waals surface area contributed by atoms with E-state index >= 15 is 0 Å². The number of rotatable bonds is 3. The largest absolute Gasteiger partial charge is 0.573 e. The SMILES string of the molecule is N#CCc1cccc(-c2ccccc2OC(F)(F)F)n1. The lowest BCUT2D eigenvalue weighted by atomic mass is 10.1. The van der Waals surface area contributed by atoms with Crippen molar-refractivity contribution in [3.8, 4) is 23.1 Å². The first-order valence-corrected chi connectivity index (χ1v) is 5.67. The van der Waals surface area contributed by atoms with Crippen molar-refractivity contribution in [3.63, 3.8) is 0 Å². The van der Waals surface area contributed by atoms with E-state index in [1.165, 1.54) is 18.2 Å². The third-order valence-electron chi connectivity index (χ3n) is 2.46.